The van der Waals surface area contributed by atoms with E-state index in [1.807, 2.05) is 59.5 Å². The highest BCUT2D eigenvalue weighted by Gasteiger charge is 2.24. The van der Waals surface area contributed by atoms with Crippen molar-refractivity contribution in [3.8, 4) is 0 Å². The fourth-order valence-electron chi connectivity index (χ4n) is 4.21. The highest BCUT2D eigenvalue weighted by molar-refractivity contribution is 5.97. The van der Waals surface area contributed by atoms with E-state index in [1.165, 1.54) is 6.20 Å². The van der Waals surface area contributed by atoms with Crippen molar-refractivity contribution in [3.63, 3.8) is 0 Å². The number of benzene rings is 2. The van der Waals surface area contributed by atoms with Gasteiger partial charge < -0.3 is 16.0 Å². The number of nitrogens with two attached hydrogens (primary N) is 1. The Morgan fingerprint density at radius 2 is 1.85 bits per heavy atom. The van der Waals surface area contributed by atoms with Crippen LogP contribution in [-0.4, -0.2) is 39.3 Å². The summed E-state index contributed by atoms with van der Waals surface area (Å²) in [6.45, 7) is 3.47. The van der Waals surface area contributed by atoms with Crippen LogP contribution in [0.2, 0.25) is 0 Å². The Bertz CT molecular complexity index is 1130. The van der Waals surface area contributed by atoms with E-state index in [4.69, 9.17) is 5.73 Å². The van der Waals surface area contributed by atoms with Crippen LogP contribution in [0.25, 0.3) is 0 Å². The molecule has 0 bridgehead atoms. The highest BCUT2D eigenvalue weighted by Crippen LogP contribution is 2.19. The number of carbonyl (C=O) groups excluding carboxylic acids is 2. The van der Waals surface area contributed by atoms with Crippen LogP contribution >= 0.6 is 0 Å². The van der Waals surface area contributed by atoms with Gasteiger partial charge in [0.1, 0.15) is 11.6 Å². The van der Waals surface area contributed by atoms with Gasteiger partial charge in [0.2, 0.25) is 5.91 Å². The van der Waals surface area contributed by atoms with Crippen LogP contribution < -0.4 is 11.1 Å². The number of amides is 2. The zero-order chi connectivity index (χ0) is 23.2. The molecule has 1 aliphatic heterocycles. The van der Waals surface area contributed by atoms with Crippen LogP contribution in [0.4, 0.5) is 5.82 Å². The third kappa shape index (κ3) is 5.74. The average Bonchev–Trinajstić information content (AvgIpc) is 3.24. The maximum atomic E-state index is 12.7. The molecule has 1 atom stereocenters. The van der Waals surface area contributed by atoms with Gasteiger partial charge in [-0.2, -0.15) is 0 Å². The number of aromatic nitrogens is 2. The maximum absolute atomic E-state index is 12.7. The molecule has 1 aromatic heterocycles. The second-order valence-corrected chi connectivity index (χ2v) is 8.50. The number of rotatable bonds is 8. The Kier molecular flexibility index (Phi) is 6.98. The van der Waals surface area contributed by atoms with Gasteiger partial charge in [-0.3, -0.25) is 9.59 Å². The monoisotopic (exact) mass is 443 g/mol. The van der Waals surface area contributed by atoms with Crippen molar-refractivity contribution in [2.75, 3.05) is 11.9 Å². The number of nitrogens with zero attached hydrogens (tertiary/aromatic N) is 3. The third-order valence-corrected chi connectivity index (χ3v) is 5.99. The maximum Gasteiger partial charge on any atom is 0.254 e. The molecule has 3 N–H and O–H groups in total. The molecule has 33 heavy (non-hydrogen) atoms. The Hall–Kier alpha value is -3.74. The van der Waals surface area contributed by atoms with Gasteiger partial charge in [0.25, 0.3) is 5.91 Å². The van der Waals surface area contributed by atoms with Crippen molar-refractivity contribution in [1.29, 1.82) is 0 Å². The minimum absolute atomic E-state index is 0.173. The van der Waals surface area contributed by atoms with Crippen LogP contribution in [-0.2, 0) is 24.2 Å². The number of nitrogens with one attached hydrogen (secondary N) is 1. The average molecular weight is 444 g/mol. The van der Waals surface area contributed by atoms with Gasteiger partial charge in [-0.15, -0.1) is 0 Å². The molecule has 2 aromatic carbocycles. The van der Waals surface area contributed by atoms with Gasteiger partial charge in [-0.1, -0.05) is 54.6 Å². The summed E-state index contributed by atoms with van der Waals surface area (Å²) in [5, 5.41) is 3.21. The van der Waals surface area contributed by atoms with E-state index in [1.54, 1.807) is 0 Å². The Morgan fingerprint density at radius 3 is 2.58 bits per heavy atom. The van der Waals surface area contributed by atoms with Gasteiger partial charge in [0.15, 0.2) is 0 Å². The SMILES string of the molecule is C[C@H]1CCCN1C(=O)Cc1cccc(Cc2ncc(C(N)=O)c(NCc3ccccc3)n2)c1. The van der Waals surface area contributed by atoms with E-state index in [2.05, 4.69) is 22.2 Å². The second-order valence-electron chi connectivity index (χ2n) is 8.50. The molecule has 0 unspecified atom stereocenters. The van der Waals surface area contributed by atoms with Gasteiger partial charge in [0, 0.05) is 31.7 Å². The van der Waals surface area contributed by atoms with Crippen LogP contribution in [0, 0.1) is 0 Å². The number of hydrogen-bond donors (Lipinski definition) is 2. The molecule has 0 radical (unpaired) electrons. The van der Waals surface area contributed by atoms with E-state index in [9.17, 15) is 9.59 Å². The minimum atomic E-state index is -0.575. The molecule has 0 aliphatic carbocycles. The lowest BCUT2D eigenvalue weighted by Crippen LogP contribution is -2.34. The van der Waals surface area contributed by atoms with Gasteiger partial charge in [0.05, 0.1) is 12.0 Å². The van der Waals surface area contributed by atoms with Gasteiger partial charge in [-0.05, 0) is 36.5 Å². The molecular weight excluding hydrogens is 414 g/mol. The molecule has 7 nitrogen and oxygen atoms in total. The van der Waals surface area contributed by atoms with Crippen molar-refractivity contribution < 1.29 is 9.59 Å². The van der Waals surface area contributed by atoms with Crippen molar-refractivity contribution >= 4 is 17.6 Å². The number of anilines is 1. The van der Waals surface area contributed by atoms with E-state index in [0.29, 0.717) is 37.1 Å². The normalized spacial score (nSPS) is 15.4. The third-order valence-electron chi connectivity index (χ3n) is 5.99. The molecule has 1 aliphatic rings. The number of primary amides is 1. The predicted molar refractivity (Wildman–Crippen MR) is 128 cm³/mol. The summed E-state index contributed by atoms with van der Waals surface area (Å²) in [6.07, 6.45) is 4.50. The Morgan fingerprint density at radius 1 is 1.09 bits per heavy atom. The first kappa shape index (κ1) is 22.5. The predicted octanol–water partition coefficient (Wildman–Crippen LogP) is 3.33. The standard InChI is InChI=1S/C26H29N5O2/c1-18-7-6-12-31(18)24(32)15-21-11-5-10-20(13-21)14-23-28-17-22(25(27)33)26(30-23)29-16-19-8-3-2-4-9-19/h2-5,8-11,13,17-18H,6-7,12,14-16H2,1H3,(H2,27,33)(H,28,29,30)/t18-/m0/s1. The van der Waals surface area contributed by atoms with E-state index in [0.717, 1.165) is 36.1 Å². The van der Waals surface area contributed by atoms with Crippen LogP contribution in [0.5, 0.6) is 0 Å². The topological polar surface area (TPSA) is 101 Å². The summed E-state index contributed by atoms with van der Waals surface area (Å²) >= 11 is 0. The Labute approximate surface area is 194 Å². The lowest BCUT2D eigenvalue weighted by molar-refractivity contribution is -0.130. The quantitative estimate of drug-likeness (QED) is 0.556. The lowest BCUT2D eigenvalue weighted by Gasteiger charge is -2.21. The molecule has 0 saturated carbocycles. The molecule has 1 fully saturated rings. The van der Waals surface area contributed by atoms with E-state index in [-0.39, 0.29) is 11.5 Å². The van der Waals surface area contributed by atoms with Gasteiger partial charge in [-0.25, -0.2) is 9.97 Å². The van der Waals surface area contributed by atoms with Crippen molar-refractivity contribution in [2.24, 2.45) is 5.73 Å². The molecule has 7 heteroatoms. The fourth-order valence-corrected chi connectivity index (χ4v) is 4.21. The molecular formula is C26H29N5O2. The van der Waals surface area contributed by atoms with Crippen LogP contribution in [0.15, 0.2) is 60.8 Å². The molecule has 1 saturated heterocycles. The smallest absolute Gasteiger partial charge is 0.254 e. The number of carbonyl (C=O) groups is 2. The van der Waals surface area contributed by atoms with Crippen LogP contribution in [0.3, 0.4) is 0 Å². The largest absolute Gasteiger partial charge is 0.365 e. The van der Waals surface area contributed by atoms with Crippen molar-refractivity contribution in [2.45, 2.75) is 45.2 Å². The van der Waals surface area contributed by atoms with E-state index < -0.39 is 5.91 Å². The van der Waals surface area contributed by atoms with E-state index >= 15 is 0 Å². The summed E-state index contributed by atoms with van der Waals surface area (Å²) in [7, 11) is 0. The molecule has 170 valence electrons. The first-order valence-corrected chi connectivity index (χ1v) is 11.3. The van der Waals surface area contributed by atoms with Crippen LogP contribution in [0.1, 0.15) is 52.6 Å². The molecule has 2 amide bonds. The van der Waals surface area contributed by atoms with Crippen molar-refractivity contribution in [3.05, 3.63) is 88.9 Å². The second kappa shape index (κ2) is 10.3. The zero-order valence-electron chi connectivity index (χ0n) is 18.8. The number of hydrogen-bond acceptors (Lipinski definition) is 5. The fraction of sp³-hybridized carbons (Fsp3) is 0.308. The molecule has 3 aromatic rings. The summed E-state index contributed by atoms with van der Waals surface area (Å²) < 4.78 is 0. The summed E-state index contributed by atoms with van der Waals surface area (Å²) in [4.78, 5) is 35.4. The Balaban J connectivity index is 1.47. The lowest BCUT2D eigenvalue weighted by atomic mass is 10.0. The summed E-state index contributed by atoms with van der Waals surface area (Å²) in [5.74, 6) is 0.596. The first-order valence-electron chi connectivity index (χ1n) is 11.3. The highest BCUT2D eigenvalue weighted by atomic mass is 16.2. The van der Waals surface area contributed by atoms with Crippen molar-refractivity contribution in [1.82, 2.24) is 14.9 Å². The molecule has 4 rings (SSSR count). The summed E-state index contributed by atoms with van der Waals surface area (Å²) in [5.41, 5.74) is 8.83. The molecule has 2 heterocycles. The zero-order valence-corrected chi connectivity index (χ0v) is 18.8. The summed E-state index contributed by atoms with van der Waals surface area (Å²) in [6, 6.07) is 18.1. The van der Waals surface area contributed by atoms with Gasteiger partial charge >= 0.3 is 0 Å². The minimum Gasteiger partial charge on any atom is -0.365 e. The molecule has 0 spiro atoms. The number of likely N-dealkylation sites (tertiary alicyclic amines) is 1. The first-order chi connectivity index (χ1) is 16.0.